The quantitative estimate of drug-likeness (QED) is 0.251. The van der Waals surface area contributed by atoms with Crippen molar-refractivity contribution in [2.24, 2.45) is 0 Å². The zero-order valence-corrected chi connectivity index (χ0v) is 18.7. The van der Waals surface area contributed by atoms with Crippen LogP contribution in [0.3, 0.4) is 0 Å². The lowest BCUT2D eigenvalue weighted by molar-refractivity contribution is -0.113. The third-order valence-corrected chi connectivity index (χ3v) is 5.48. The second-order valence-electron chi connectivity index (χ2n) is 6.26. The standard InChI is InChI=1S/C21H20BrN3O4S/c1-2-3-12-28-20(27)14-8-10-15(11-9-14)23-18(26)13-30-21-25-24-19(29-21)16-6-4-5-7-17(16)22/h4-11H,2-3,12-13H2,1H3,(H,23,26). The van der Waals surface area contributed by atoms with Crippen LogP contribution in [0.15, 0.2) is 62.6 Å². The molecule has 0 spiro atoms. The van der Waals surface area contributed by atoms with Gasteiger partial charge in [0.2, 0.25) is 11.8 Å². The number of ether oxygens (including phenoxy) is 1. The van der Waals surface area contributed by atoms with Crippen molar-refractivity contribution < 1.29 is 18.7 Å². The number of rotatable bonds is 9. The van der Waals surface area contributed by atoms with E-state index in [0.29, 0.717) is 29.0 Å². The molecule has 0 bridgehead atoms. The number of carbonyl (C=O) groups excluding carboxylic acids is 2. The first-order chi connectivity index (χ1) is 14.6. The van der Waals surface area contributed by atoms with Crippen molar-refractivity contribution in [1.82, 2.24) is 10.2 Å². The highest BCUT2D eigenvalue weighted by Gasteiger charge is 2.13. The summed E-state index contributed by atoms with van der Waals surface area (Å²) in [7, 11) is 0. The summed E-state index contributed by atoms with van der Waals surface area (Å²) in [5.74, 6) is -0.0990. The van der Waals surface area contributed by atoms with E-state index < -0.39 is 0 Å². The molecular weight excluding hydrogens is 470 g/mol. The van der Waals surface area contributed by atoms with E-state index in [2.05, 4.69) is 31.4 Å². The highest BCUT2D eigenvalue weighted by molar-refractivity contribution is 9.10. The maximum atomic E-state index is 12.2. The van der Waals surface area contributed by atoms with E-state index in [4.69, 9.17) is 9.15 Å². The lowest BCUT2D eigenvalue weighted by Gasteiger charge is -2.06. The van der Waals surface area contributed by atoms with Crippen LogP contribution in [-0.4, -0.2) is 34.4 Å². The van der Waals surface area contributed by atoms with Gasteiger partial charge in [-0.15, -0.1) is 10.2 Å². The van der Waals surface area contributed by atoms with Gasteiger partial charge in [-0.3, -0.25) is 4.79 Å². The van der Waals surface area contributed by atoms with Gasteiger partial charge in [0.1, 0.15) is 0 Å². The lowest BCUT2D eigenvalue weighted by atomic mass is 10.2. The molecule has 156 valence electrons. The summed E-state index contributed by atoms with van der Waals surface area (Å²) in [6.45, 7) is 2.44. The topological polar surface area (TPSA) is 94.3 Å². The van der Waals surface area contributed by atoms with Gasteiger partial charge >= 0.3 is 5.97 Å². The van der Waals surface area contributed by atoms with Gasteiger partial charge in [-0.1, -0.05) is 37.2 Å². The first kappa shape index (κ1) is 22.0. The molecule has 0 unspecified atom stereocenters. The Morgan fingerprint density at radius 1 is 1.13 bits per heavy atom. The van der Waals surface area contributed by atoms with Crippen LogP contribution in [0.25, 0.3) is 11.5 Å². The molecule has 0 saturated carbocycles. The fraction of sp³-hybridized carbons (Fsp3) is 0.238. The minimum Gasteiger partial charge on any atom is -0.462 e. The van der Waals surface area contributed by atoms with E-state index in [0.717, 1.165) is 34.6 Å². The maximum absolute atomic E-state index is 12.2. The predicted octanol–water partition coefficient (Wildman–Crippen LogP) is 5.19. The van der Waals surface area contributed by atoms with E-state index in [-0.39, 0.29) is 17.6 Å². The molecule has 1 heterocycles. The maximum Gasteiger partial charge on any atom is 0.338 e. The molecule has 9 heteroatoms. The Bertz CT molecular complexity index is 1010. The Balaban J connectivity index is 1.49. The van der Waals surface area contributed by atoms with Crippen molar-refractivity contribution in [3.05, 3.63) is 58.6 Å². The van der Waals surface area contributed by atoms with Gasteiger partial charge < -0.3 is 14.5 Å². The van der Waals surface area contributed by atoms with Crippen LogP contribution >= 0.6 is 27.7 Å². The number of aromatic nitrogens is 2. The number of benzene rings is 2. The second-order valence-corrected chi connectivity index (χ2v) is 8.04. The smallest absolute Gasteiger partial charge is 0.338 e. The molecule has 7 nitrogen and oxygen atoms in total. The third kappa shape index (κ3) is 6.17. The van der Waals surface area contributed by atoms with Crippen LogP contribution < -0.4 is 5.32 Å². The normalized spacial score (nSPS) is 10.6. The summed E-state index contributed by atoms with van der Waals surface area (Å²) in [5, 5.41) is 11.1. The number of esters is 1. The van der Waals surface area contributed by atoms with Crippen molar-refractivity contribution in [3.63, 3.8) is 0 Å². The number of amides is 1. The van der Waals surface area contributed by atoms with E-state index in [1.165, 1.54) is 0 Å². The number of carbonyl (C=O) groups is 2. The van der Waals surface area contributed by atoms with Gasteiger partial charge in [-0.25, -0.2) is 4.79 Å². The number of hydrogen-bond acceptors (Lipinski definition) is 7. The molecule has 1 N–H and O–H groups in total. The van der Waals surface area contributed by atoms with Gasteiger partial charge in [0, 0.05) is 10.2 Å². The summed E-state index contributed by atoms with van der Waals surface area (Å²) < 4.78 is 11.6. The zero-order valence-electron chi connectivity index (χ0n) is 16.3. The second kappa shape index (κ2) is 10.9. The van der Waals surface area contributed by atoms with Crippen molar-refractivity contribution in [1.29, 1.82) is 0 Å². The predicted molar refractivity (Wildman–Crippen MR) is 118 cm³/mol. The molecule has 0 saturated heterocycles. The minimum atomic E-state index is -0.367. The fourth-order valence-corrected chi connectivity index (χ4v) is 3.44. The highest BCUT2D eigenvalue weighted by atomic mass is 79.9. The third-order valence-electron chi connectivity index (χ3n) is 3.97. The molecular formula is C21H20BrN3O4S. The van der Waals surface area contributed by atoms with Gasteiger partial charge in [-0.2, -0.15) is 0 Å². The molecule has 0 fully saturated rings. The average molecular weight is 490 g/mol. The van der Waals surface area contributed by atoms with E-state index >= 15 is 0 Å². The molecule has 0 aliphatic heterocycles. The van der Waals surface area contributed by atoms with Crippen LogP contribution in [0, 0.1) is 0 Å². The van der Waals surface area contributed by atoms with Crippen molar-refractivity contribution >= 4 is 45.3 Å². The Morgan fingerprint density at radius 2 is 1.90 bits per heavy atom. The van der Waals surface area contributed by atoms with Crippen molar-refractivity contribution in [2.45, 2.75) is 25.0 Å². The summed E-state index contributed by atoms with van der Waals surface area (Å²) >= 11 is 4.59. The summed E-state index contributed by atoms with van der Waals surface area (Å²) in [4.78, 5) is 24.1. The largest absolute Gasteiger partial charge is 0.462 e. The highest BCUT2D eigenvalue weighted by Crippen LogP contribution is 2.29. The number of unbranched alkanes of at least 4 members (excludes halogenated alkanes) is 1. The summed E-state index contributed by atoms with van der Waals surface area (Å²) in [6, 6.07) is 14.1. The Labute approximate surface area is 186 Å². The summed E-state index contributed by atoms with van der Waals surface area (Å²) in [5.41, 5.74) is 1.82. The van der Waals surface area contributed by atoms with Crippen LogP contribution in [0.1, 0.15) is 30.1 Å². The summed E-state index contributed by atoms with van der Waals surface area (Å²) in [6.07, 6.45) is 1.80. The number of nitrogens with one attached hydrogen (secondary N) is 1. The Kier molecular flexibility index (Phi) is 8.04. The molecule has 1 aromatic heterocycles. The number of halogens is 1. The van der Waals surface area contributed by atoms with Crippen LogP contribution in [0.5, 0.6) is 0 Å². The van der Waals surface area contributed by atoms with Gasteiger partial charge in [0.05, 0.1) is 23.5 Å². The lowest BCUT2D eigenvalue weighted by Crippen LogP contribution is -2.14. The Morgan fingerprint density at radius 3 is 2.63 bits per heavy atom. The number of thioether (sulfide) groups is 1. The molecule has 1 amide bonds. The SMILES string of the molecule is CCCCOC(=O)c1ccc(NC(=O)CSc2nnc(-c3ccccc3Br)o2)cc1. The molecule has 0 radical (unpaired) electrons. The molecule has 3 aromatic rings. The molecule has 3 rings (SSSR count). The first-order valence-corrected chi connectivity index (χ1v) is 11.1. The molecule has 0 aliphatic rings. The molecule has 0 aliphatic carbocycles. The number of nitrogens with zero attached hydrogens (tertiary/aromatic N) is 2. The van der Waals surface area contributed by atoms with Crippen LogP contribution in [0.2, 0.25) is 0 Å². The molecule has 2 aromatic carbocycles. The fourth-order valence-electron chi connectivity index (χ4n) is 2.42. The average Bonchev–Trinajstić information content (AvgIpc) is 3.22. The number of hydrogen-bond donors (Lipinski definition) is 1. The van der Waals surface area contributed by atoms with E-state index in [1.54, 1.807) is 24.3 Å². The van der Waals surface area contributed by atoms with Crippen LogP contribution in [-0.2, 0) is 9.53 Å². The minimum absolute atomic E-state index is 0.110. The van der Waals surface area contributed by atoms with E-state index in [1.807, 2.05) is 31.2 Å². The number of anilines is 1. The Hall–Kier alpha value is -2.65. The van der Waals surface area contributed by atoms with Crippen molar-refractivity contribution in [3.8, 4) is 11.5 Å². The molecule has 30 heavy (non-hydrogen) atoms. The van der Waals surface area contributed by atoms with Gasteiger partial charge in [-0.05, 0) is 58.7 Å². The van der Waals surface area contributed by atoms with Crippen LogP contribution in [0.4, 0.5) is 5.69 Å². The van der Waals surface area contributed by atoms with Gasteiger partial charge in [0.15, 0.2) is 0 Å². The van der Waals surface area contributed by atoms with Gasteiger partial charge in [0.25, 0.3) is 5.22 Å². The first-order valence-electron chi connectivity index (χ1n) is 9.35. The monoisotopic (exact) mass is 489 g/mol. The van der Waals surface area contributed by atoms with E-state index in [9.17, 15) is 9.59 Å². The van der Waals surface area contributed by atoms with Crippen molar-refractivity contribution in [2.75, 3.05) is 17.7 Å². The zero-order chi connectivity index (χ0) is 21.3. The molecule has 0 atom stereocenters.